The lowest BCUT2D eigenvalue weighted by atomic mass is 9.93. The summed E-state index contributed by atoms with van der Waals surface area (Å²) >= 11 is 6.01. The van der Waals surface area contributed by atoms with Crippen LogP contribution in [0.2, 0.25) is 0 Å². The van der Waals surface area contributed by atoms with Gasteiger partial charge in [-0.25, -0.2) is 0 Å². The van der Waals surface area contributed by atoms with Crippen LogP contribution in [0.3, 0.4) is 0 Å². The van der Waals surface area contributed by atoms with Gasteiger partial charge in [0.15, 0.2) is 0 Å². The minimum atomic E-state index is 0.767. The molecule has 2 heteroatoms. The van der Waals surface area contributed by atoms with E-state index in [9.17, 15) is 0 Å². The fourth-order valence-electron chi connectivity index (χ4n) is 2.06. The first kappa shape index (κ1) is 12.8. The van der Waals surface area contributed by atoms with E-state index in [4.69, 9.17) is 11.6 Å². The van der Waals surface area contributed by atoms with Crippen molar-refractivity contribution in [3.8, 4) is 0 Å². The standard InChI is InChI=1S/C16H16ClN/c1-3-15(16-11-18-10-9-12(16)2)13-5-4-6-14(17)8-7-13/h3-4,6-11H,5H2,1-2H3/b15-3-. The van der Waals surface area contributed by atoms with E-state index in [1.54, 1.807) is 0 Å². The molecule has 0 spiro atoms. The first-order valence-electron chi connectivity index (χ1n) is 6.03. The fraction of sp³-hybridized carbons (Fsp3) is 0.188. The van der Waals surface area contributed by atoms with Gasteiger partial charge in [-0.05, 0) is 55.2 Å². The fourth-order valence-corrected chi connectivity index (χ4v) is 2.21. The summed E-state index contributed by atoms with van der Waals surface area (Å²) in [6.07, 6.45) is 14.8. The molecule has 0 aromatic carbocycles. The third-order valence-corrected chi connectivity index (χ3v) is 3.27. The van der Waals surface area contributed by atoms with Crippen LogP contribution in [-0.2, 0) is 0 Å². The minimum absolute atomic E-state index is 0.767. The first-order chi connectivity index (χ1) is 8.72. The van der Waals surface area contributed by atoms with Crippen LogP contribution in [-0.4, -0.2) is 4.98 Å². The molecule has 0 saturated heterocycles. The lowest BCUT2D eigenvalue weighted by Gasteiger charge is -2.12. The van der Waals surface area contributed by atoms with E-state index in [0.29, 0.717) is 0 Å². The van der Waals surface area contributed by atoms with Crippen LogP contribution in [0, 0.1) is 6.92 Å². The van der Waals surface area contributed by atoms with Crippen molar-refractivity contribution in [2.24, 2.45) is 0 Å². The maximum atomic E-state index is 6.01. The van der Waals surface area contributed by atoms with Gasteiger partial charge in [-0.15, -0.1) is 0 Å². The normalized spacial score (nSPS) is 16.1. The van der Waals surface area contributed by atoms with E-state index in [1.165, 1.54) is 22.3 Å². The number of aromatic nitrogens is 1. The summed E-state index contributed by atoms with van der Waals surface area (Å²) in [7, 11) is 0. The number of rotatable bonds is 2. The zero-order valence-electron chi connectivity index (χ0n) is 10.7. The molecule has 0 radical (unpaired) electrons. The number of nitrogens with zero attached hydrogens (tertiary/aromatic N) is 1. The summed E-state index contributed by atoms with van der Waals surface area (Å²) in [5.74, 6) is 0. The molecule has 0 unspecified atom stereocenters. The average molecular weight is 258 g/mol. The Hall–Kier alpha value is -1.60. The Morgan fingerprint density at radius 3 is 2.94 bits per heavy atom. The van der Waals surface area contributed by atoms with E-state index < -0.39 is 0 Å². The Morgan fingerprint density at radius 1 is 1.39 bits per heavy atom. The van der Waals surface area contributed by atoms with Crippen molar-refractivity contribution in [1.82, 2.24) is 4.98 Å². The number of hydrogen-bond acceptors (Lipinski definition) is 1. The second-order valence-electron chi connectivity index (χ2n) is 4.24. The van der Waals surface area contributed by atoms with Gasteiger partial charge in [-0.2, -0.15) is 0 Å². The third-order valence-electron chi connectivity index (χ3n) is 3.02. The smallest absolute Gasteiger partial charge is 0.0403 e. The topological polar surface area (TPSA) is 12.9 Å². The maximum absolute atomic E-state index is 6.01. The van der Waals surface area contributed by atoms with Gasteiger partial charge in [0.25, 0.3) is 0 Å². The predicted octanol–water partition coefficient (Wildman–Crippen LogP) is 4.80. The molecule has 1 nitrogen and oxygen atoms in total. The Balaban J connectivity index is 2.43. The molecule has 18 heavy (non-hydrogen) atoms. The minimum Gasteiger partial charge on any atom is -0.264 e. The van der Waals surface area contributed by atoms with Crippen LogP contribution in [0.5, 0.6) is 0 Å². The van der Waals surface area contributed by atoms with E-state index in [1.807, 2.05) is 30.6 Å². The Kier molecular flexibility index (Phi) is 4.16. The van der Waals surface area contributed by atoms with E-state index in [-0.39, 0.29) is 0 Å². The lowest BCUT2D eigenvalue weighted by Crippen LogP contribution is -1.93. The average Bonchev–Trinajstić information content (AvgIpc) is 2.58. The molecule has 92 valence electrons. The largest absolute Gasteiger partial charge is 0.264 e. The van der Waals surface area contributed by atoms with Gasteiger partial charge in [0.2, 0.25) is 0 Å². The number of pyridine rings is 1. The van der Waals surface area contributed by atoms with Gasteiger partial charge >= 0.3 is 0 Å². The molecule has 0 atom stereocenters. The highest BCUT2D eigenvalue weighted by Crippen LogP contribution is 2.29. The van der Waals surface area contributed by atoms with Gasteiger partial charge < -0.3 is 0 Å². The molecular formula is C16H16ClN. The summed E-state index contributed by atoms with van der Waals surface area (Å²) in [5, 5.41) is 0.767. The molecule has 1 aromatic rings. The van der Waals surface area contributed by atoms with Gasteiger partial charge in [-0.3, -0.25) is 4.98 Å². The monoisotopic (exact) mass is 257 g/mol. The van der Waals surface area contributed by atoms with E-state index in [0.717, 1.165) is 11.5 Å². The van der Waals surface area contributed by atoms with Crippen LogP contribution < -0.4 is 0 Å². The zero-order chi connectivity index (χ0) is 13.0. The van der Waals surface area contributed by atoms with Crippen LogP contribution in [0.4, 0.5) is 0 Å². The number of hydrogen-bond donors (Lipinski definition) is 0. The molecule has 0 amide bonds. The highest BCUT2D eigenvalue weighted by atomic mass is 35.5. The van der Waals surface area contributed by atoms with Crippen molar-refractivity contribution in [1.29, 1.82) is 0 Å². The second-order valence-corrected chi connectivity index (χ2v) is 4.68. The Bertz CT molecular complexity index is 562. The molecule has 0 aliphatic heterocycles. The van der Waals surface area contributed by atoms with Crippen molar-refractivity contribution in [3.05, 3.63) is 70.6 Å². The molecule has 2 rings (SSSR count). The summed E-state index contributed by atoms with van der Waals surface area (Å²) < 4.78 is 0. The highest BCUT2D eigenvalue weighted by Gasteiger charge is 2.09. The Labute approximate surface area is 113 Å². The van der Waals surface area contributed by atoms with Crippen molar-refractivity contribution in [2.45, 2.75) is 20.3 Å². The van der Waals surface area contributed by atoms with Gasteiger partial charge in [0.05, 0.1) is 0 Å². The van der Waals surface area contributed by atoms with Crippen molar-refractivity contribution < 1.29 is 0 Å². The van der Waals surface area contributed by atoms with Crippen molar-refractivity contribution in [3.63, 3.8) is 0 Å². The first-order valence-corrected chi connectivity index (χ1v) is 6.40. The quantitative estimate of drug-likeness (QED) is 0.741. The lowest BCUT2D eigenvalue weighted by molar-refractivity contribution is 1.23. The van der Waals surface area contributed by atoms with Crippen LogP contribution in [0.25, 0.3) is 5.57 Å². The van der Waals surface area contributed by atoms with Crippen LogP contribution >= 0.6 is 11.6 Å². The molecular weight excluding hydrogens is 242 g/mol. The maximum Gasteiger partial charge on any atom is 0.0403 e. The predicted molar refractivity (Wildman–Crippen MR) is 78.4 cm³/mol. The summed E-state index contributed by atoms with van der Waals surface area (Å²) in [6.45, 7) is 4.17. The molecule has 1 aliphatic carbocycles. The van der Waals surface area contributed by atoms with E-state index >= 15 is 0 Å². The second kappa shape index (κ2) is 5.83. The van der Waals surface area contributed by atoms with E-state index in [2.05, 4.69) is 37.1 Å². The molecule has 1 aliphatic rings. The summed E-state index contributed by atoms with van der Waals surface area (Å²) in [6, 6.07) is 2.04. The van der Waals surface area contributed by atoms with Gasteiger partial charge in [0.1, 0.15) is 0 Å². The molecule has 0 saturated carbocycles. The van der Waals surface area contributed by atoms with Crippen molar-refractivity contribution >= 4 is 17.2 Å². The third kappa shape index (κ3) is 2.80. The van der Waals surface area contributed by atoms with Gasteiger partial charge in [0, 0.05) is 23.0 Å². The molecule has 1 heterocycles. The summed E-state index contributed by atoms with van der Waals surface area (Å²) in [5.41, 5.74) is 4.92. The molecule has 1 aromatic heterocycles. The Morgan fingerprint density at radius 2 is 2.22 bits per heavy atom. The van der Waals surface area contributed by atoms with Crippen LogP contribution in [0.1, 0.15) is 24.5 Å². The molecule has 0 fully saturated rings. The number of halogens is 1. The number of allylic oxidation sites excluding steroid dienone is 8. The van der Waals surface area contributed by atoms with Crippen molar-refractivity contribution in [2.75, 3.05) is 0 Å². The summed E-state index contributed by atoms with van der Waals surface area (Å²) in [4.78, 5) is 4.22. The van der Waals surface area contributed by atoms with Crippen LogP contribution in [0.15, 0.2) is 59.4 Å². The number of aryl methyl sites for hydroxylation is 1. The van der Waals surface area contributed by atoms with Gasteiger partial charge in [-0.1, -0.05) is 29.8 Å². The SMILES string of the molecule is C/C=C(/C1=CC=C(Cl)C=CC1)c1cnccc1C. The highest BCUT2D eigenvalue weighted by molar-refractivity contribution is 6.31. The molecule has 0 bridgehead atoms. The zero-order valence-corrected chi connectivity index (χ0v) is 11.4. The molecule has 0 N–H and O–H groups in total.